The fourth-order valence-electron chi connectivity index (χ4n) is 3.97. The third kappa shape index (κ3) is 4.74. The number of rotatable bonds is 6. The van der Waals surface area contributed by atoms with Gasteiger partial charge in [-0.05, 0) is 46.4 Å². The predicted octanol–water partition coefficient (Wildman–Crippen LogP) is 2.12. The van der Waals surface area contributed by atoms with E-state index in [1.54, 1.807) is 12.3 Å². The van der Waals surface area contributed by atoms with Crippen molar-refractivity contribution in [3.05, 3.63) is 63.2 Å². The molecule has 1 amide bonds. The number of benzene rings is 1. The number of pyridine rings is 1. The minimum Gasteiger partial charge on any atom is -0.387 e. The summed E-state index contributed by atoms with van der Waals surface area (Å²) in [5.74, 6) is 0.220. The van der Waals surface area contributed by atoms with Crippen LogP contribution in [-0.4, -0.2) is 66.0 Å². The smallest absolute Gasteiger partial charge is 0.251 e. The summed E-state index contributed by atoms with van der Waals surface area (Å²) in [6.07, 6.45) is -0.637. The number of halogens is 2. The topological polar surface area (TPSA) is 147 Å². The van der Waals surface area contributed by atoms with Gasteiger partial charge in [-0.15, -0.1) is 0 Å². The first-order valence-corrected chi connectivity index (χ1v) is 12.4. The minimum absolute atomic E-state index is 0.320. The van der Waals surface area contributed by atoms with Crippen molar-refractivity contribution in [2.24, 2.45) is 0 Å². The summed E-state index contributed by atoms with van der Waals surface area (Å²) in [6, 6.07) is 9.71. The Balaban J connectivity index is 1.58. The quantitative estimate of drug-likeness (QED) is 0.238. The number of aliphatic hydroxyl groups is 2. The first-order valence-electron chi connectivity index (χ1n) is 10.9. The third-order valence-corrected chi connectivity index (χ3v) is 6.63. The van der Waals surface area contributed by atoms with Crippen LogP contribution in [0.5, 0.6) is 0 Å². The van der Waals surface area contributed by atoms with E-state index in [1.807, 2.05) is 18.2 Å². The number of amides is 1. The van der Waals surface area contributed by atoms with Crippen LogP contribution >= 0.6 is 34.2 Å². The van der Waals surface area contributed by atoms with E-state index in [9.17, 15) is 15.0 Å². The Morgan fingerprint density at radius 1 is 1.22 bits per heavy atom. The molecule has 0 saturated carbocycles. The Morgan fingerprint density at radius 3 is 2.81 bits per heavy atom. The summed E-state index contributed by atoms with van der Waals surface area (Å²) in [5.41, 5.74) is 2.38. The van der Waals surface area contributed by atoms with Crippen LogP contribution in [0.4, 0.5) is 5.82 Å². The highest BCUT2D eigenvalue weighted by Gasteiger charge is 2.47. The summed E-state index contributed by atoms with van der Waals surface area (Å²) in [6.45, 7) is 0.475. The molecule has 0 aliphatic carbocycles. The summed E-state index contributed by atoms with van der Waals surface area (Å²) in [5, 5.41) is 27.3. The summed E-state index contributed by atoms with van der Waals surface area (Å²) in [7, 11) is 1.43. The Hall–Kier alpha value is -2.91. The molecule has 1 aromatic carbocycles. The molecule has 0 radical (unpaired) electrons. The fourth-order valence-corrected chi connectivity index (χ4v) is 4.75. The SMILES string of the molecule is CNC(=O)[C@@H]1OC(n2cnc3c(NCc4cccc(I)c4)nc(-c4cncc(Cl)c4)nc32)C(O)C1O. The number of anilines is 1. The lowest BCUT2D eigenvalue weighted by Crippen LogP contribution is -2.41. The van der Waals surface area contributed by atoms with Crippen LogP contribution < -0.4 is 10.6 Å². The zero-order valence-corrected chi connectivity index (χ0v) is 21.8. The number of nitrogens with one attached hydrogen (secondary N) is 2. The fraction of sp³-hybridized carbons (Fsp3) is 0.261. The molecule has 1 aliphatic rings. The largest absolute Gasteiger partial charge is 0.387 e. The van der Waals surface area contributed by atoms with Crippen molar-refractivity contribution in [1.82, 2.24) is 29.8 Å². The predicted molar refractivity (Wildman–Crippen MR) is 140 cm³/mol. The second kappa shape index (κ2) is 10.2. The number of hydrogen-bond acceptors (Lipinski definition) is 9. The summed E-state index contributed by atoms with van der Waals surface area (Å²) < 4.78 is 8.32. The van der Waals surface area contributed by atoms with Crippen LogP contribution in [0.2, 0.25) is 5.02 Å². The van der Waals surface area contributed by atoms with E-state index in [1.165, 1.54) is 24.1 Å². The average molecular weight is 622 g/mol. The van der Waals surface area contributed by atoms with E-state index < -0.39 is 30.4 Å². The van der Waals surface area contributed by atoms with Gasteiger partial charge < -0.3 is 25.6 Å². The first kappa shape index (κ1) is 24.8. The van der Waals surface area contributed by atoms with Gasteiger partial charge in [0.05, 0.1) is 11.3 Å². The van der Waals surface area contributed by atoms with Gasteiger partial charge in [-0.3, -0.25) is 14.3 Å². The zero-order valence-electron chi connectivity index (χ0n) is 18.8. The molecule has 11 nitrogen and oxygen atoms in total. The lowest BCUT2D eigenvalue weighted by atomic mass is 10.1. The Morgan fingerprint density at radius 2 is 2.06 bits per heavy atom. The zero-order chi connectivity index (χ0) is 25.4. The average Bonchev–Trinajstić information content (AvgIpc) is 3.43. The van der Waals surface area contributed by atoms with Gasteiger partial charge in [0.1, 0.15) is 12.2 Å². The Kier molecular flexibility index (Phi) is 7.03. The molecule has 13 heteroatoms. The van der Waals surface area contributed by atoms with Crippen LogP contribution in [0.3, 0.4) is 0 Å². The van der Waals surface area contributed by atoms with Crippen molar-refractivity contribution < 1.29 is 19.7 Å². The number of fused-ring (bicyclic) bond motifs is 1. The number of hydrogen-bond donors (Lipinski definition) is 4. The second-order valence-electron chi connectivity index (χ2n) is 8.14. The number of carbonyl (C=O) groups is 1. The molecule has 1 saturated heterocycles. The maximum absolute atomic E-state index is 12.1. The maximum Gasteiger partial charge on any atom is 0.251 e. The van der Waals surface area contributed by atoms with E-state index >= 15 is 0 Å². The van der Waals surface area contributed by atoms with Gasteiger partial charge in [0.15, 0.2) is 35.1 Å². The number of ether oxygens (including phenoxy) is 1. The number of likely N-dealkylation sites (N-methyl/N-ethyl adjacent to an activating group) is 1. The molecular weight excluding hydrogens is 601 g/mol. The Bertz CT molecular complexity index is 1430. The Labute approximate surface area is 224 Å². The monoisotopic (exact) mass is 621 g/mol. The molecule has 3 unspecified atom stereocenters. The normalized spacial score (nSPS) is 21.6. The van der Waals surface area contributed by atoms with Gasteiger partial charge >= 0.3 is 0 Å². The standard InChI is InChI=1S/C23H21ClIN7O4/c1-26-22(35)18-16(33)17(34)23(36-18)32-10-29-15-20(28-7-11-3-2-4-14(25)5-11)30-19(31-21(15)32)12-6-13(24)9-27-8-12/h2-6,8-10,16-18,23,33-34H,7H2,1H3,(H,26,35)(H,28,30,31)/t16?,17?,18-,23?/m1/s1. The molecule has 3 aromatic heterocycles. The highest BCUT2D eigenvalue weighted by Crippen LogP contribution is 2.34. The number of carbonyl (C=O) groups excluding carboxylic acids is 1. The van der Waals surface area contributed by atoms with Crippen molar-refractivity contribution in [2.75, 3.05) is 12.4 Å². The van der Waals surface area contributed by atoms with E-state index in [2.05, 4.69) is 59.2 Å². The first-order chi connectivity index (χ1) is 17.4. The molecule has 36 heavy (non-hydrogen) atoms. The van der Waals surface area contributed by atoms with Crippen LogP contribution in [0.1, 0.15) is 11.8 Å². The molecule has 0 bridgehead atoms. The van der Waals surface area contributed by atoms with Crippen molar-refractivity contribution in [3.8, 4) is 11.4 Å². The van der Waals surface area contributed by atoms with Crippen LogP contribution in [0.25, 0.3) is 22.6 Å². The van der Waals surface area contributed by atoms with Crippen molar-refractivity contribution >= 4 is 57.1 Å². The van der Waals surface area contributed by atoms with Gasteiger partial charge in [0.25, 0.3) is 5.91 Å². The van der Waals surface area contributed by atoms with Crippen LogP contribution in [0, 0.1) is 3.57 Å². The summed E-state index contributed by atoms with van der Waals surface area (Å²) >= 11 is 8.40. The van der Waals surface area contributed by atoms with Gasteiger partial charge in [-0.2, -0.15) is 0 Å². The van der Waals surface area contributed by atoms with Gasteiger partial charge in [-0.1, -0.05) is 23.7 Å². The third-order valence-electron chi connectivity index (χ3n) is 5.75. The minimum atomic E-state index is -1.43. The van der Waals surface area contributed by atoms with E-state index in [4.69, 9.17) is 16.3 Å². The van der Waals surface area contributed by atoms with Crippen molar-refractivity contribution in [3.63, 3.8) is 0 Å². The highest BCUT2D eigenvalue weighted by molar-refractivity contribution is 14.1. The van der Waals surface area contributed by atoms with Crippen molar-refractivity contribution in [1.29, 1.82) is 0 Å². The number of imidazole rings is 1. The molecule has 1 fully saturated rings. The molecule has 4 atom stereocenters. The molecule has 186 valence electrons. The van der Waals surface area contributed by atoms with Crippen LogP contribution in [0.15, 0.2) is 49.1 Å². The van der Waals surface area contributed by atoms with E-state index in [0.29, 0.717) is 39.9 Å². The van der Waals surface area contributed by atoms with Gasteiger partial charge in [0, 0.05) is 35.1 Å². The molecule has 4 aromatic rings. The van der Waals surface area contributed by atoms with Gasteiger partial charge in [0.2, 0.25) is 0 Å². The lowest BCUT2D eigenvalue weighted by Gasteiger charge is -2.17. The van der Waals surface area contributed by atoms with E-state index in [0.717, 1.165) is 9.13 Å². The number of aromatic nitrogens is 5. The second-order valence-corrected chi connectivity index (χ2v) is 9.82. The number of nitrogens with zero attached hydrogens (tertiary/aromatic N) is 5. The maximum atomic E-state index is 12.1. The molecular formula is C23H21ClIN7O4. The number of aliphatic hydroxyl groups excluding tert-OH is 2. The molecule has 1 aliphatic heterocycles. The molecule has 4 N–H and O–H groups in total. The molecule has 0 spiro atoms. The lowest BCUT2D eigenvalue weighted by molar-refractivity contribution is -0.137. The molecule has 5 rings (SSSR count). The van der Waals surface area contributed by atoms with Crippen molar-refractivity contribution in [2.45, 2.75) is 31.1 Å². The summed E-state index contributed by atoms with van der Waals surface area (Å²) in [4.78, 5) is 30.0. The highest BCUT2D eigenvalue weighted by atomic mass is 127. The van der Waals surface area contributed by atoms with Crippen LogP contribution in [-0.2, 0) is 16.1 Å². The van der Waals surface area contributed by atoms with E-state index in [-0.39, 0.29) is 0 Å². The van der Waals surface area contributed by atoms with Gasteiger partial charge in [-0.25, -0.2) is 15.0 Å². The molecule has 4 heterocycles.